The van der Waals surface area contributed by atoms with Crippen LogP contribution in [0.4, 0.5) is 13.2 Å². The third-order valence-corrected chi connectivity index (χ3v) is 4.54. The summed E-state index contributed by atoms with van der Waals surface area (Å²) in [5, 5.41) is 2.79. The van der Waals surface area contributed by atoms with Crippen LogP contribution in [-0.4, -0.2) is 26.6 Å². The standard InChI is InChI=1S/C18H19F3N4O2/c1-9-6-13(11(3)25(9)8-18(19,20)21)16(26)22-10(2)12-4-5-14-15(7-12)24-17(27)23-14/h4-7,10H,8H2,1-3H3,(H,22,26)(H2,23,24,27)/t10-/m0/s1. The molecule has 0 fully saturated rings. The van der Waals surface area contributed by atoms with Crippen molar-refractivity contribution in [2.45, 2.75) is 39.5 Å². The zero-order chi connectivity index (χ0) is 19.9. The van der Waals surface area contributed by atoms with Crippen LogP contribution in [0.2, 0.25) is 0 Å². The van der Waals surface area contributed by atoms with E-state index >= 15 is 0 Å². The Labute approximate surface area is 152 Å². The van der Waals surface area contributed by atoms with Gasteiger partial charge in [0.05, 0.1) is 22.6 Å². The van der Waals surface area contributed by atoms with Crippen LogP contribution in [0.3, 0.4) is 0 Å². The quantitative estimate of drug-likeness (QED) is 0.649. The smallest absolute Gasteiger partial charge is 0.345 e. The number of imidazole rings is 1. The van der Waals surface area contributed by atoms with Crippen LogP contribution in [0.5, 0.6) is 0 Å². The number of H-pyrrole nitrogens is 2. The SMILES string of the molecule is Cc1cc(C(=O)N[C@@H](C)c2ccc3[nH]c(=O)[nH]c3c2)c(C)n1CC(F)(F)F. The number of alkyl halides is 3. The van der Waals surface area contributed by atoms with Crippen molar-refractivity contribution < 1.29 is 18.0 Å². The van der Waals surface area contributed by atoms with Crippen molar-refractivity contribution in [3.63, 3.8) is 0 Å². The number of hydrogen-bond acceptors (Lipinski definition) is 2. The fourth-order valence-corrected chi connectivity index (χ4v) is 3.13. The molecule has 0 bridgehead atoms. The van der Waals surface area contributed by atoms with E-state index in [1.165, 1.54) is 19.9 Å². The Morgan fingerprint density at radius 2 is 1.85 bits per heavy atom. The Hall–Kier alpha value is -2.97. The lowest BCUT2D eigenvalue weighted by molar-refractivity contribution is -0.141. The monoisotopic (exact) mass is 380 g/mol. The number of nitrogens with zero attached hydrogens (tertiary/aromatic N) is 1. The van der Waals surface area contributed by atoms with Crippen molar-refractivity contribution >= 4 is 16.9 Å². The van der Waals surface area contributed by atoms with Gasteiger partial charge >= 0.3 is 11.9 Å². The number of carbonyl (C=O) groups is 1. The molecule has 0 aliphatic carbocycles. The summed E-state index contributed by atoms with van der Waals surface area (Å²) in [4.78, 5) is 29.2. The van der Waals surface area contributed by atoms with Gasteiger partial charge in [0.25, 0.3) is 5.91 Å². The van der Waals surface area contributed by atoms with Crippen molar-refractivity contribution in [2.24, 2.45) is 0 Å². The number of halogens is 3. The van der Waals surface area contributed by atoms with Crippen LogP contribution in [0.1, 0.15) is 40.3 Å². The maximum atomic E-state index is 12.7. The summed E-state index contributed by atoms with van der Waals surface area (Å²) in [5.74, 6) is -0.452. The third kappa shape index (κ3) is 3.91. The van der Waals surface area contributed by atoms with Gasteiger partial charge in [-0.25, -0.2) is 4.79 Å². The second kappa shape index (κ2) is 6.64. The minimum absolute atomic E-state index is 0.208. The average molecular weight is 380 g/mol. The molecule has 144 valence electrons. The van der Waals surface area contributed by atoms with Crippen LogP contribution >= 0.6 is 0 Å². The molecule has 1 atom stereocenters. The van der Waals surface area contributed by atoms with E-state index in [9.17, 15) is 22.8 Å². The summed E-state index contributed by atoms with van der Waals surface area (Å²) in [6.07, 6.45) is -4.36. The molecule has 1 amide bonds. The van der Waals surface area contributed by atoms with Crippen molar-refractivity contribution in [2.75, 3.05) is 0 Å². The molecule has 27 heavy (non-hydrogen) atoms. The highest BCUT2D eigenvalue weighted by Gasteiger charge is 2.30. The van der Waals surface area contributed by atoms with E-state index in [0.717, 1.165) is 10.1 Å². The summed E-state index contributed by atoms with van der Waals surface area (Å²) in [6, 6.07) is 6.29. The molecule has 0 saturated heterocycles. The Balaban J connectivity index is 1.81. The zero-order valence-electron chi connectivity index (χ0n) is 15.0. The van der Waals surface area contributed by atoms with Crippen molar-refractivity contribution in [1.29, 1.82) is 0 Å². The molecule has 3 N–H and O–H groups in total. The van der Waals surface area contributed by atoms with Gasteiger partial charge in [-0.3, -0.25) is 4.79 Å². The number of nitrogens with one attached hydrogen (secondary N) is 3. The van der Waals surface area contributed by atoms with Crippen molar-refractivity contribution in [1.82, 2.24) is 19.9 Å². The van der Waals surface area contributed by atoms with E-state index in [4.69, 9.17) is 0 Å². The topological polar surface area (TPSA) is 82.7 Å². The number of hydrogen-bond donors (Lipinski definition) is 3. The summed E-state index contributed by atoms with van der Waals surface area (Å²) >= 11 is 0. The average Bonchev–Trinajstić information content (AvgIpc) is 3.06. The molecular weight excluding hydrogens is 361 g/mol. The first-order valence-electron chi connectivity index (χ1n) is 8.31. The maximum Gasteiger partial charge on any atom is 0.406 e. The fourth-order valence-electron chi connectivity index (χ4n) is 3.13. The highest BCUT2D eigenvalue weighted by Crippen LogP contribution is 2.24. The molecule has 0 radical (unpaired) electrons. The van der Waals surface area contributed by atoms with E-state index in [0.29, 0.717) is 16.7 Å². The molecule has 6 nitrogen and oxygen atoms in total. The second-order valence-corrected chi connectivity index (χ2v) is 6.57. The number of rotatable bonds is 4. The highest BCUT2D eigenvalue weighted by molar-refractivity contribution is 5.96. The molecule has 0 aliphatic rings. The first kappa shape index (κ1) is 18.8. The summed E-state index contributed by atoms with van der Waals surface area (Å²) < 4.78 is 39.2. The van der Waals surface area contributed by atoms with Gasteiger partial charge in [-0.05, 0) is 44.5 Å². The third-order valence-electron chi connectivity index (χ3n) is 4.54. The molecular formula is C18H19F3N4O2. The van der Waals surface area contributed by atoms with Gasteiger partial charge < -0.3 is 19.9 Å². The number of aryl methyl sites for hydroxylation is 1. The molecule has 3 aromatic rings. The number of aromatic amines is 2. The van der Waals surface area contributed by atoms with Crippen LogP contribution in [-0.2, 0) is 6.54 Å². The van der Waals surface area contributed by atoms with Gasteiger partial charge in [-0.1, -0.05) is 6.07 Å². The van der Waals surface area contributed by atoms with Gasteiger partial charge in [0.1, 0.15) is 6.54 Å². The molecule has 3 rings (SSSR count). The van der Waals surface area contributed by atoms with Gasteiger partial charge in [0.15, 0.2) is 0 Å². The highest BCUT2D eigenvalue weighted by atomic mass is 19.4. The first-order chi connectivity index (χ1) is 12.5. The minimum Gasteiger partial charge on any atom is -0.345 e. The number of carbonyl (C=O) groups excluding carboxylic acids is 1. The summed E-state index contributed by atoms with van der Waals surface area (Å²) in [6.45, 7) is 3.66. The van der Waals surface area contributed by atoms with Crippen molar-refractivity contribution in [3.8, 4) is 0 Å². The number of benzene rings is 1. The molecule has 1 aromatic carbocycles. The number of amides is 1. The zero-order valence-corrected chi connectivity index (χ0v) is 15.0. The first-order valence-corrected chi connectivity index (χ1v) is 8.31. The summed E-state index contributed by atoms with van der Waals surface area (Å²) in [7, 11) is 0. The van der Waals surface area contributed by atoms with Gasteiger partial charge in [0.2, 0.25) is 0 Å². The molecule has 0 saturated carbocycles. The van der Waals surface area contributed by atoms with E-state index in [2.05, 4.69) is 15.3 Å². The van der Waals surface area contributed by atoms with Crippen molar-refractivity contribution in [3.05, 3.63) is 57.3 Å². The normalized spacial score (nSPS) is 13.1. The van der Waals surface area contributed by atoms with Crippen LogP contribution in [0, 0.1) is 13.8 Å². The maximum absolute atomic E-state index is 12.7. The molecule has 9 heteroatoms. The Morgan fingerprint density at radius 1 is 1.19 bits per heavy atom. The van der Waals surface area contributed by atoms with Gasteiger partial charge in [0, 0.05) is 11.4 Å². The van der Waals surface area contributed by atoms with E-state index < -0.39 is 24.7 Å². The Kier molecular flexibility index (Phi) is 4.63. The fraction of sp³-hybridized carbons (Fsp3) is 0.333. The van der Waals surface area contributed by atoms with E-state index in [1.807, 2.05) is 0 Å². The minimum atomic E-state index is -4.36. The van der Waals surface area contributed by atoms with E-state index in [-0.39, 0.29) is 16.9 Å². The van der Waals surface area contributed by atoms with Crippen LogP contribution in [0.25, 0.3) is 11.0 Å². The molecule has 2 heterocycles. The Bertz CT molecular complexity index is 1060. The summed E-state index contributed by atoms with van der Waals surface area (Å²) in [5.41, 5.74) is 2.54. The van der Waals surface area contributed by atoms with Crippen LogP contribution < -0.4 is 11.0 Å². The van der Waals surface area contributed by atoms with Crippen LogP contribution in [0.15, 0.2) is 29.1 Å². The molecule has 0 aliphatic heterocycles. The predicted octanol–water partition coefficient (Wildman–Crippen LogP) is 3.33. The number of fused-ring (bicyclic) bond motifs is 1. The second-order valence-electron chi connectivity index (χ2n) is 6.57. The lowest BCUT2D eigenvalue weighted by Gasteiger charge is -2.15. The van der Waals surface area contributed by atoms with Gasteiger partial charge in [-0.2, -0.15) is 13.2 Å². The largest absolute Gasteiger partial charge is 0.406 e. The lowest BCUT2D eigenvalue weighted by Crippen LogP contribution is -2.27. The number of aromatic nitrogens is 3. The molecule has 2 aromatic heterocycles. The molecule has 0 unspecified atom stereocenters. The van der Waals surface area contributed by atoms with E-state index in [1.54, 1.807) is 25.1 Å². The molecule has 0 spiro atoms. The lowest BCUT2D eigenvalue weighted by atomic mass is 10.1. The predicted molar refractivity (Wildman–Crippen MR) is 94.8 cm³/mol. The van der Waals surface area contributed by atoms with Gasteiger partial charge in [-0.15, -0.1) is 0 Å². The Morgan fingerprint density at radius 3 is 2.52 bits per heavy atom.